The summed E-state index contributed by atoms with van der Waals surface area (Å²) in [4.78, 5) is 22.0. The van der Waals surface area contributed by atoms with Crippen molar-refractivity contribution in [1.29, 1.82) is 0 Å². The quantitative estimate of drug-likeness (QED) is 0.255. The SMILES string of the molecule is O=C(Cc1csc(-c2ccnnc2)n1)Nc1ccc(Oc2ccccc2)c(C(F)(F)F)c1N1CCOC2(CCN(C3COC3)CC2)C1. The zero-order valence-corrected chi connectivity index (χ0v) is 26.2. The van der Waals surface area contributed by atoms with Crippen molar-refractivity contribution < 1.29 is 32.2 Å². The molecule has 3 aliphatic heterocycles. The van der Waals surface area contributed by atoms with Gasteiger partial charge in [0.2, 0.25) is 5.91 Å². The number of nitrogens with one attached hydrogen (secondary N) is 1. The predicted molar refractivity (Wildman–Crippen MR) is 170 cm³/mol. The van der Waals surface area contributed by atoms with Gasteiger partial charge < -0.3 is 24.4 Å². The molecule has 1 N–H and O–H groups in total. The summed E-state index contributed by atoms with van der Waals surface area (Å²) in [5.41, 5.74) is -0.373. The van der Waals surface area contributed by atoms with Gasteiger partial charge in [-0.25, -0.2) is 4.98 Å². The van der Waals surface area contributed by atoms with Crippen molar-refractivity contribution >= 4 is 28.6 Å². The number of piperidine rings is 1. The summed E-state index contributed by atoms with van der Waals surface area (Å²) in [6.45, 7) is 3.69. The van der Waals surface area contributed by atoms with Crippen LogP contribution in [-0.4, -0.2) is 83.6 Å². The van der Waals surface area contributed by atoms with Crippen molar-refractivity contribution in [3.05, 3.63) is 77.6 Å². The number of hydrogen-bond donors (Lipinski definition) is 1. The number of nitrogens with zero attached hydrogens (tertiary/aromatic N) is 5. The summed E-state index contributed by atoms with van der Waals surface area (Å²) in [7, 11) is 0. The van der Waals surface area contributed by atoms with Crippen LogP contribution >= 0.6 is 11.3 Å². The first-order chi connectivity index (χ1) is 22.8. The second-order valence-electron chi connectivity index (χ2n) is 11.9. The van der Waals surface area contributed by atoms with Crippen LogP contribution in [-0.2, 0) is 26.9 Å². The number of rotatable bonds is 8. The van der Waals surface area contributed by atoms with Gasteiger partial charge in [0.05, 0.1) is 67.3 Å². The number of amides is 1. The third kappa shape index (κ3) is 6.96. The Labute approximate surface area is 273 Å². The van der Waals surface area contributed by atoms with Crippen molar-refractivity contribution in [3.63, 3.8) is 0 Å². The molecule has 0 aliphatic carbocycles. The van der Waals surface area contributed by atoms with E-state index in [2.05, 4.69) is 25.4 Å². The van der Waals surface area contributed by atoms with E-state index in [9.17, 15) is 4.79 Å². The largest absolute Gasteiger partial charge is 0.457 e. The van der Waals surface area contributed by atoms with Gasteiger partial charge >= 0.3 is 6.18 Å². The molecule has 0 radical (unpaired) electrons. The zero-order valence-electron chi connectivity index (χ0n) is 25.4. The molecule has 47 heavy (non-hydrogen) atoms. The molecule has 2 aromatic heterocycles. The van der Waals surface area contributed by atoms with E-state index >= 15 is 13.2 Å². The van der Waals surface area contributed by atoms with Gasteiger partial charge in [0.1, 0.15) is 22.1 Å². The third-order valence-corrected chi connectivity index (χ3v) is 9.74. The molecule has 3 saturated heterocycles. The Bertz CT molecular complexity index is 1700. The van der Waals surface area contributed by atoms with Crippen molar-refractivity contribution in [3.8, 4) is 22.1 Å². The van der Waals surface area contributed by atoms with E-state index in [0.29, 0.717) is 42.8 Å². The molecular formula is C33H33F3N6O4S. The lowest BCUT2D eigenvalue weighted by atomic mass is 9.88. The van der Waals surface area contributed by atoms with Gasteiger partial charge in [0, 0.05) is 37.1 Å². The van der Waals surface area contributed by atoms with Gasteiger partial charge in [-0.05, 0) is 43.2 Å². The number of halogens is 3. The van der Waals surface area contributed by atoms with E-state index in [4.69, 9.17) is 14.2 Å². The number of alkyl halides is 3. The van der Waals surface area contributed by atoms with Crippen LogP contribution in [0, 0.1) is 0 Å². The first-order valence-electron chi connectivity index (χ1n) is 15.5. The Hall–Kier alpha value is -4.11. The maximum atomic E-state index is 15.1. The van der Waals surface area contributed by atoms with E-state index in [1.807, 2.05) is 0 Å². The average Bonchev–Trinajstić information content (AvgIpc) is 3.51. The molecule has 2 aromatic carbocycles. The Morgan fingerprint density at radius 2 is 1.87 bits per heavy atom. The number of likely N-dealkylation sites (tertiary alicyclic amines) is 1. The molecule has 0 bridgehead atoms. The van der Waals surface area contributed by atoms with E-state index in [0.717, 1.165) is 18.7 Å². The Morgan fingerprint density at radius 1 is 1.06 bits per heavy atom. The van der Waals surface area contributed by atoms with Crippen LogP contribution in [0.2, 0.25) is 0 Å². The average molecular weight is 667 g/mol. The monoisotopic (exact) mass is 666 g/mol. The first-order valence-corrected chi connectivity index (χ1v) is 16.3. The minimum absolute atomic E-state index is 0.0534. The predicted octanol–water partition coefficient (Wildman–Crippen LogP) is 5.66. The molecule has 0 saturated carbocycles. The van der Waals surface area contributed by atoms with E-state index in [1.165, 1.54) is 23.5 Å². The molecule has 3 fully saturated rings. The molecule has 246 valence electrons. The maximum Gasteiger partial charge on any atom is 0.422 e. The fraction of sp³-hybridized carbons (Fsp3) is 0.394. The highest BCUT2D eigenvalue weighted by Gasteiger charge is 2.46. The van der Waals surface area contributed by atoms with E-state index in [-0.39, 0.29) is 49.0 Å². The van der Waals surface area contributed by atoms with Crippen LogP contribution in [0.1, 0.15) is 24.1 Å². The molecule has 3 aliphatic rings. The second-order valence-corrected chi connectivity index (χ2v) is 12.8. The number of aromatic nitrogens is 3. The zero-order chi connectivity index (χ0) is 32.4. The number of morpholine rings is 1. The summed E-state index contributed by atoms with van der Waals surface area (Å²) in [6.07, 6.45) is -0.415. The lowest BCUT2D eigenvalue weighted by molar-refractivity contribution is -0.139. The first kappa shape index (κ1) is 31.5. The molecule has 10 nitrogen and oxygen atoms in total. The number of carbonyl (C=O) groups excluding carboxylic acids is 1. The van der Waals surface area contributed by atoms with Gasteiger partial charge in [-0.1, -0.05) is 18.2 Å². The minimum Gasteiger partial charge on any atom is -0.457 e. The van der Waals surface area contributed by atoms with Crippen LogP contribution < -0.4 is 15.0 Å². The second kappa shape index (κ2) is 13.2. The topological polar surface area (TPSA) is 102 Å². The molecule has 14 heteroatoms. The van der Waals surface area contributed by atoms with Crippen molar-refractivity contribution in [2.24, 2.45) is 0 Å². The highest BCUT2D eigenvalue weighted by Crippen LogP contribution is 2.49. The Morgan fingerprint density at radius 3 is 2.57 bits per heavy atom. The number of para-hydroxylation sites is 1. The van der Waals surface area contributed by atoms with E-state index < -0.39 is 23.2 Å². The molecule has 5 heterocycles. The van der Waals surface area contributed by atoms with Crippen molar-refractivity contribution in [2.45, 2.75) is 37.1 Å². The van der Waals surface area contributed by atoms with Gasteiger partial charge in [0.15, 0.2) is 0 Å². The summed E-state index contributed by atoms with van der Waals surface area (Å²) >= 11 is 1.35. The van der Waals surface area contributed by atoms with Crippen molar-refractivity contribution in [2.75, 3.05) is 56.2 Å². The third-order valence-electron chi connectivity index (χ3n) is 8.80. The Balaban J connectivity index is 1.19. The summed E-state index contributed by atoms with van der Waals surface area (Å²) < 4.78 is 62.9. The lowest BCUT2D eigenvalue weighted by Gasteiger charge is -2.50. The van der Waals surface area contributed by atoms with Crippen LogP contribution in [0.15, 0.2) is 66.3 Å². The van der Waals surface area contributed by atoms with Crippen molar-refractivity contribution in [1.82, 2.24) is 20.1 Å². The molecule has 4 aromatic rings. The summed E-state index contributed by atoms with van der Waals surface area (Å²) in [6, 6.07) is 13.3. The van der Waals surface area contributed by atoms with Crippen LogP contribution in [0.25, 0.3) is 10.6 Å². The number of ether oxygens (including phenoxy) is 3. The number of thiazole rings is 1. The number of benzene rings is 2. The molecule has 7 rings (SSSR count). The minimum atomic E-state index is -4.79. The van der Waals surface area contributed by atoms with E-state index in [1.54, 1.807) is 59.1 Å². The van der Waals surface area contributed by atoms with Crippen LogP contribution in [0.5, 0.6) is 11.5 Å². The summed E-state index contributed by atoms with van der Waals surface area (Å²) in [5, 5.41) is 12.8. The van der Waals surface area contributed by atoms with Gasteiger partial charge in [0.25, 0.3) is 0 Å². The molecule has 0 atom stereocenters. The van der Waals surface area contributed by atoms with Gasteiger partial charge in [-0.2, -0.15) is 23.4 Å². The molecule has 0 unspecified atom stereocenters. The fourth-order valence-corrected chi connectivity index (χ4v) is 7.15. The molecular weight excluding hydrogens is 633 g/mol. The molecule has 1 amide bonds. The highest BCUT2D eigenvalue weighted by molar-refractivity contribution is 7.13. The summed E-state index contributed by atoms with van der Waals surface area (Å²) in [5.74, 6) is -0.554. The lowest BCUT2D eigenvalue weighted by Crippen LogP contribution is -2.60. The van der Waals surface area contributed by atoms with Gasteiger partial charge in [-0.15, -0.1) is 11.3 Å². The van der Waals surface area contributed by atoms with Gasteiger partial charge in [-0.3, -0.25) is 9.69 Å². The Kier molecular flexibility index (Phi) is 8.83. The maximum absolute atomic E-state index is 15.1. The molecule has 1 spiro atoms. The highest BCUT2D eigenvalue weighted by atomic mass is 32.1. The standard InChI is InChI=1S/C33H33F3N6O4S/c34-33(35,36)29-27(46-25-4-2-1-3-5-25)7-6-26(40-28(43)16-23-20-47-31(39-23)22-8-11-37-38-17-22)30(29)42-14-15-45-32(21-42)9-12-41(13-10-32)24-18-44-19-24/h1-8,11,17,20,24H,9-10,12-16,18-19,21H2,(H,40,43). The number of carbonyl (C=O) groups is 1. The number of hydrogen-bond acceptors (Lipinski definition) is 10. The smallest absolute Gasteiger partial charge is 0.422 e. The number of anilines is 2. The fourth-order valence-electron chi connectivity index (χ4n) is 6.34. The van der Waals surface area contributed by atoms with Crippen LogP contribution in [0.3, 0.4) is 0 Å². The normalized spacial score (nSPS) is 18.6. The van der Waals surface area contributed by atoms with Crippen LogP contribution in [0.4, 0.5) is 24.5 Å².